The normalized spacial score (nSPS) is 11.5. The zero-order valence-electron chi connectivity index (χ0n) is 12.1. The van der Waals surface area contributed by atoms with Gasteiger partial charge in [-0.05, 0) is 49.2 Å². The standard InChI is InChI=1S/C17H17N3O/c1-11-3-8-15(9-16(11)17(19)21)20-12(2)14-6-4-13(10-18)5-7-14/h3-9,12,20H,1-2H3,(H2,19,21). The molecule has 0 spiro atoms. The molecule has 0 saturated heterocycles. The van der Waals surface area contributed by atoms with E-state index in [0.717, 1.165) is 16.8 Å². The monoisotopic (exact) mass is 279 g/mol. The average Bonchev–Trinajstić information content (AvgIpc) is 2.49. The van der Waals surface area contributed by atoms with Gasteiger partial charge in [0.05, 0.1) is 11.6 Å². The second-order valence-electron chi connectivity index (χ2n) is 4.99. The van der Waals surface area contributed by atoms with Crippen LogP contribution in [-0.2, 0) is 0 Å². The molecule has 0 heterocycles. The van der Waals surface area contributed by atoms with Crippen LogP contribution in [0.25, 0.3) is 0 Å². The topological polar surface area (TPSA) is 78.9 Å². The summed E-state index contributed by atoms with van der Waals surface area (Å²) in [6.07, 6.45) is 0. The molecule has 106 valence electrons. The van der Waals surface area contributed by atoms with E-state index in [1.54, 1.807) is 18.2 Å². The number of amides is 1. The van der Waals surface area contributed by atoms with Gasteiger partial charge in [-0.2, -0.15) is 5.26 Å². The maximum Gasteiger partial charge on any atom is 0.249 e. The minimum atomic E-state index is -0.429. The number of benzene rings is 2. The lowest BCUT2D eigenvalue weighted by Crippen LogP contribution is -2.14. The molecule has 4 nitrogen and oxygen atoms in total. The van der Waals surface area contributed by atoms with Crippen molar-refractivity contribution in [3.63, 3.8) is 0 Å². The van der Waals surface area contributed by atoms with Gasteiger partial charge in [0.15, 0.2) is 0 Å². The van der Waals surface area contributed by atoms with Crippen molar-refractivity contribution >= 4 is 11.6 Å². The largest absolute Gasteiger partial charge is 0.379 e. The van der Waals surface area contributed by atoms with Crippen molar-refractivity contribution in [3.05, 3.63) is 64.7 Å². The molecule has 3 N–H and O–H groups in total. The third-order valence-corrected chi connectivity index (χ3v) is 3.43. The number of carbonyl (C=O) groups is 1. The zero-order valence-corrected chi connectivity index (χ0v) is 12.1. The number of anilines is 1. The van der Waals surface area contributed by atoms with Crippen LogP contribution >= 0.6 is 0 Å². The number of nitrogens with zero attached hydrogens (tertiary/aromatic N) is 1. The van der Waals surface area contributed by atoms with Crippen molar-refractivity contribution in [2.24, 2.45) is 5.73 Å². The molecule has 0 fully saturated rings. The van der Waals surface area contributed by atoms with Gasteiger partial charge in [-0.15, -0.1) is 0 Å². The van der Waals surface area contributed by atoms with E-state index in [1.807, 2.05) is 38.1 Å². The Morgan fingerprint density at radius 2 is 1.90 bits per heavy atom. The van der Waals surface area contributed by atoms with Crippen molar-refractivity contribution in [2.45, 2.75) is 19.9 Å². The Morgan fingerprint density at radius 3 is 2.48 bits per heavy atom. The second kappa shape index (κ2) is 6.10. The van der Waals surface area contributed by atoms with Gasteiger partial charge in [0.2, 0.25) is 5.91 Å². The molecule has 0 aliphatic carbocycles. The van der Waals surface area contributed by atoms with E-state index in [4.69, 9.17) is 11.0 Å². The number of nitrogens with one attached hydrogen (secondary N) is 1. The summed E-state index contributed by atoms with van der Waals surface area (Å²) >= 11 is 0. The van der Waals surface area contributed by atoms with E-state index < -0.39 is 5.91 Å². The highest BCUT2D eigenvalue weighted by Gasteiger charge is 2.09. The highest BCUT2D eigenvalue weighted by molar-refractivity contribution is 5.95. The van der Waals surface area contributed by atoms with E-state index >= 15 is 0 Å². The zero-order chi connectivity index (χ0) is 15.4. The Labute approximate surface area is 124 Å². The van der Waals surface area contributed by atoms with Crippen LogP contribution in [0, 0.1) is 18.3 Å². The Morgan fingerprint density at radius 1 is 1.24 bits per heavy atom. The molecule has 1 amide bonds. The van der Waals surface area contributed by atoms with Crippen molar-refractivity contribution in [3.8, 4) is 6.07 Å². The smallest absolute Gasteiger partial charge is 0.249 e. The Hall–Kier alpha value is -2.80. The quantitative estimate of drug-likeness (QED) is 0.902. The summed E-state index contributed by atoms with van der Waals surface area (Å²) in [7, 11) is 0. The van der Waals surface area contributed by atoms with E-state index in [0.29, 0.717) is 11.1 Å². The van der Waals surface area contributed by atoms with Crippen LogP contribution in [-0.4, -0.2) is 5.91 Å². The number of rotatable bonds is 4. The molecule has 2 aromatic carbocycles. The maximum atomic E-state index is 11.4. The van der Waals surface area contributed by atoms with Crippen LogP contribution in [0.15, 0.2) is 42.5 Å². The van der Waals surface area contributed by atoms with Crippen LogP contribution in [0.3, 0.4) is 0 Å². The fourth-order valence-corrected chi connectivity index (χ4v) is 2.16. The molecule has 0 aliphatic heterocycles. The molecule has 21 heavy (non-hydrogen) atoms. The van der Waals surface area contributed by atoms with E-state index in [1.165, 1.54) is 0 Å². The minimum Gasteiger partial charge on any atom is -0.379 e. The Balaban J connectivity index is 2.19. The summed E-state index contributed by atoms with van der Waals surface area (Å²) in [6.45, 7) is 3.87. The first kappa shape index (κ1) is 14.6. The molecule has 1 unspecified atom stereocenters. The Bertz CT molecular complexity index is 699. The van der Waals surface area contributed by atoms with Crippen LogP contribution in [0.4, 0.5) is 5.69 Å². The van der Waals surface area contributed by atoms with E-state index in [9.17, 15) is 4.79 Å². The molecule has 4 heteroatoms. The van der Waals surface area contributed by atoms with Crippen molar-refractivity contribution in [1.29, 1.82) is 5.26 Å². The molecule has 0 radical (unpaired) electrons. The highest BCUT2D eigenvalue weighted by atomic mass is 16.1. The fraction of sp³-hybridized carbons (Fsp3) is 0.176. The highest BCUT2D eigenvalue weighted by Crippen LogP contribution is 2.21. The van der Waals surface area contributed by atoms with E-state index in [2.05, 4.69) is 11.4 Å². The lowest BCUT2D eigenvalue weighted by molar-refractivity contribution is 0.1000. The summed E-state index contributed by atoms with van der Waals surface area (Å²) in [6, 6.07) is 15.1. The number of hydrogen-bond acceptors (Lipinski definition) is 3. The molecule has 2 rings (SSSR count). The molecule has 1 atom stereocenters. The third kappa shape index (κ3) is 3.40. The number of nitrogens with two attached hydrogens (primary N) is 1. The summed E-state index contributed by atoms with van der Waals surface area (Å²) in [5, 5.41) is 12.1. The molecule has 2 aromatic rings. The number of carbonyl (C=O) groups excluding carboxylic acids is 1. The van der Waals surface area contributed by atoms with Gasteiger partial charge < -0.3 is 11.1 Å². The van der Waals surface area contributed by atoms with Gasteiger partial charge in [-0.1, -0.05) is 18.2 Å². The molecular weight excluding hydrogens is 262 g/mol. The average molecular weight is 279 g/mol. The first-order valence-corrected chi connectivity index (χ1v) is 6.68. The van der Waals surface area contributed by atoms with Gasteiger partial charge in [-0.3, -0.25) is 4.79 Å². The maximum absolute atomic E-state index is 11.4. The predicted octanol–water partition coefficient (Wildman–Crippen LogP) is 3.14. The van der Waals surface area contributed by atoms with Crippen molar-refractivity contribution in [2.75, 3.05) is 5.32 Å². The summed E-state index contributed by atoms with van der Waals surface area (Å²) < 4.78 is 0. The third-order valence-electron chi connectivity index (χ3n) is 3.43. The predicted molar refractivity (Wildman–Crippen MR) is 82.9 cm³/mol. The fourth-order valence-electron chi connectivity index (χ4n) is 2.16. The Kier molecular flexibility index (Phi) is 4.24. The molecule has 0 bridgehead atoms. The lowest BCUT2D eigenvalue weighted by atomic mass is 10.0. The molecule has 0 saturated carbocycles. The van der Waals surface area contributed by atoms with Crippen LogP contribution < -0.4 is 11.1 Å². The van der Waals surface area contributed by atoms with Crippen molar-refractivity contribution < 1.29 is 4.79 Å². The van der Waals surface area contributed by atoms with Gasteiger partial charge >= 0.3 is 0 Å². The lowest BCUT2D eigenvalue weighted by Gasteiger charge is -2.17. The SMILES string of the molecule is Cc1ccc(NC(C)c2ccc(C#N)cc2)cc1C(N)=O. The van der Waals surface area contributed by atoms with Crippen LogP contribution in [0.2, 0.25) is 0 Å². The number of hydrogen-bond donors (Lipinski definition) is 2. The van der Waals surface area contributed by atoms with Gasteiger partial charge in [0, 0.05) is 17.3 Å². The first-order chi connectivity index (χ1) is 10.0. The summed E-state index contributed by atoms with van der Waals surface area (Å²) in [4.78, 5) is 11.4. The molecule has 0 aliphatic rings. The van der Waals surface area contributed by atoms with Gasteiger partial charge in [-0.25, -0.2) is 0 Å². The van der Waals surface area contributed by atoms with Gasteiger partial charge in [0.1, 0.15) is 0 Å². The summed E-state index contributed by atoms with van der Waals surface area (Å²) in [5.74, 6) is -0.429. The summed E-state index contributed by atoms with van der Waals surface area (Å²) in [5.41, 5.74) is 9.28. The van der Waals surface area contributed by atoms with Crippen LogP contribution in [0.5, 0.6) is 0 Å². The second-order valence-corrected chi connectivity index (χ2v) is 4.99. The molecular formula is C17H17N3O. The number of nitriles is 1. The minimum absolute atomic E-state index is 0.0566. The van der Waals surface area contributed by atoms with Crippen molar-refractivity contribution in [1.82, 2.24) is 0 Å². The first-order valence-electron chi connectivity index (χ1n) is 6.68. The molecule has 0 aromatic heterocycles. The van der Waals surface area contributed by atoms with Crippen LogP contribution in [0.1, 0.15) is 40.0 Å². The van der Waals surface area contributed by atoms with E-state index in [-0.39, 0.29) is 6.04 Å². The van der Waals surface area contributed by atoms with Gasteiger partial charge in [0.25, 0.3) is 0 Å². The number of aryl methyl sites for hydroxylation is 1. The number of primary amides is 1.